The van der Waals surface area contributed by atoms with E-state index in [4.69, 9.17) is 15.2 Å². The Morgan fingerprint density at radius 3 is 2.37 bits per heavy atom. The first kappa shape index (κ1) is 25.4. The zero-order valence-electron chi connectivity index (χ0n) is 18.8. The van der Waals surface area contributed by atoms with Gasteiger partial charge >= 0.3 is 0 Å². The summed E-state index contributed by atoms with van der Waals surface area (Å²) in [5.74, 6) is -0.696. The van der Waals surface area contributed by atoms with E-state index in [-0.39, 0.29) is 18.1 Å². The number of ether oxygens (including phenoxy) is 2. The van der Waals surface area contributed by atoms with E-state index in [0.29, 0.717) is 39.4 Å². The second kappa shape index (κ2) is 12.3. The van der Waals surface area contributed by atoms with Gasteiger partial charge in [-0.15, -0.1) is 0 Å². The molecule has 3 aromatic rings. The third-order valence-corrected chi connectivity index (χ3v) is 5.25. The van der Waals surface area contributed by atoms with Gasteiger partial charge in [0.1, 0.15) is 0 Å². The summed E-state index contributed by atoms with van der Waals surface area (Å²) in [6, 6.07) is 18.6. The summed E-state index contributed by atoms with van der Waals surface area (Å²) in [6.45, 7) is 1.92. The third-order valence-electron chi connectivity index (χ3n) is 4.56. The Labute approximate surface area is 210 Å². The summed E-state index contributed by atoms with van der Waals surface area (Å²) >= 11 is 3.35. The van der Waals surface area contributed by atoms with Crippen LogP contribution in [0.25, 0.3) is 0 Å². The number of rotatable bonds is 10. The maximum atomic E-state index is 12.7. The van der Waals surface area contributed by atoms with Crippen LogP contribution in [0.1, 0.15) is 33.2 Å². The van der Waals surface area contributed by atoms with E-state index in [1.165, 1.54) is 6.21 Å². The molecule has 0 unspecified atom stereocenters. The van der Waals surface area contributed by atoms with Gasteiger partial charge in [0.05, 0.1) is 29.6 Å². The lowest BCUT2D eigenvalue weighted by Crippen LogP contribution is -2.21. The Hall–Kier alpha value is -4.18. The van der Waals surface area contributed by atoms with Crippen molar-refractivity contribution in [3.63, 3.8) is 0 Å². The molecule has 0 fully saturated rings. The highest BCUT2D eigenvalue weighted by atomic mass is 79.9. The third kappa shape index (κ3) is 7.15. The molecule has 0 aliphatic heterocycles. The van der Waals surface area contributed by atoms with Gasteiger partial charge < -0.3 is 20.5 Å². The van der Waals surface area contributed by atoms with Crippen molar-refractivity contribution in [2.24, 2.45) is 10.8 Å². The topological polar surface area (TPSA) is 132 Å². The van der Waals surface area contributed by atoms with E-state index in [1.54, 1.807) is 66.7 Å². The molecule has 35 heavy (non-hydrogen) atoms. The Morgan fingerprint density at radius 2 is 1.66 bits per heavy atom. The largest absolute Gasteiger partial charge is 0.490 e. The number of carbonyl (C=O) groups is 3. The lowest BCUT2D eigenvalue weighted by molar-refractivity contribution is -0.119. The molecule has 0 aromatic heterocycles. The van der Waals surface area contributed by atoms with Crippen LogP contribution in [0.3, 0.4) is 0 Å². The molecule has 0 saturated heterocycles. The molecule has 0 radical (unpaired) electrons. The van der Waals surface area contributed by atoms with Gasteiger partial charge in [-0.1, -0.05) is 24.3 Å². The number of para-hydroxylation sites is 1. The van der Waals surface area contributed by atoms with Crippen molar-refractivity contribution >= 4 is 45.6 Å². The number of nitrogens with one attached hydrogen (secondary N) is 2. The number of anilines is 1. The average molecular weight is 539 g/mol. The van der Waals surface area contributed by atoms with Gasteiger partial charge in [-0.05, 0) is 70.9 Å². The molecule has 3 rings (SSSR count). The number of primary amides is 1. The summed E-state index contributed by atoms with van der Waals surface area (Å²) in [5, 5.41) is 6.76. The highest BCUT2D eigenvalue weighted by Crippen LogP contribution is 2.28. The molecule has 3 aromatic carbocycles. The highest BCUT2D eigenvalue weighted by molar-refractivity contribution is 9.10. The van der Waals surface area contributed by atoms with Crippen LogP contribution in [-0.4, -0.2) is 37.1 Å². The number of hydrazone groups is 1. The maximum absolute atomic E-state index is 12.7. The first-order chi connectivity index (χ1) is 16.9. The van der Waals surface area contributed by atoms with Crippen LogP contribution in [0.4, 0.5) is 5.69 Å². The molecule has 10 heteroatoms. The fraction of sp³-hybridized carbons (Fsp3) is 0.120. The standard InChI is InChI=1S/C25H23BrN4O5/c1-2-34-22-13-16(11-12-21(22)35-15-23(27)31)14-28-30-25(33)18-8-4-6-10-20(18)29-24(32)17-7-3-5-9-19(17)26/h3-14H,2,15H2,1H3,(H2,27,31)(H,29,32)(H,30,33). The number of halogens is 1. The number of nitrogens with zero attached hydrogens (tertiary/aromatic N) is 1. The molecule has 0 saturated carbocycles. The van der Waals surface area contributed by atoms with E-state index in [9.17, 15) is 14.4 Å². The second-order valence-electron chi connectivity index (χ2n) is 7.07. The smallest absolute Gasteiger partial charge is 0.273 e. The molecule has 0 bridgehead atoms. The van der Waals surface area contributed by atoms with Crippen LogP contribution in [0, 0.1) is 0 Å². The summed E-state index contributed by atoms with van der Waals surface area (Å²) in [7, 11) is 0. The van der Waals surface area contributed by atoms with Crippen molar-refractivity contribution < 1.29 is 23.9 Å². The molecule has 4 N–H and O–H groups in total. The molecule has 0 spiro atoms. The van der Waals surface area contributed by atoms with Crippen LogP contribution in [0.2, 0.25) is 0 Å². The van der Waals surface area contributed by atoms with Crippen LogP contribution < -0.4 is 25.9 Å². The van der Waals surface area contributed by atoms with Gasteiger partial charge in [0.15, 0.2) is 18.1 Å². The zero-order valence-corrected chi connectivity index (χ0v) is 20.4. The van der Waals surface area contributed by atoms with Gasteiger partial charge in [0.2, 0.25) is 0 Å². The van der Waals surface area contributed by atoms with Gasteiger partial charge in [-0.2, -0.15) is 5.10 Å². The van der Waals surface area contributed by atoms with Gasteiger partial charge in [0, 0.05) is 4.47 Å². The SMILES string of the molecule is CCOc1cc(C=NNC(=O)c2ccccc2NC(=O)c2ccccc2Br)ccc1OCC(N)=O. The molecule has 0 atom stereocenters. The number of nitrogens with two attached hydrogens (primary N) is 1. The van der Waals surface area contributed by atoms with Crippen LogP contribution >= 0.6 is 15.9 Å². The number of hydrogen-bond donors (Lipinski definition) is 3. The molecule has 9 nitrogen and oxygen atoms in total. The molecule has 180 valence electrons. The lowest BCUT2D eigenvalue weighted by Gasteiger charge is -2.11. The van der Waals surface area contributed by atoms with Crippen LogP contribution in [0.15, 0.2) is 76.3 Å². The Bertz CT molecular complexity index is 1260. The monoisotopic (exact) mass is 538 g/mol. The Balaban J connectivity index is 1.70. The van der Waals surface area contributed by atoms with E-state index in [2.05, 4.69) is 31.8 Å². The minimum absolute atomic E-state index is 0.246. The van der Waals surface area contributed by atoms with Crippen molar-refractivity contribution in [1.82, 2.24) is 5.43 Å². The number of benzene rings is 3. The van der Waals surface area contributed by atoms with E-state index >= 15 is 0 Å². The Kier molecular flexibility index (Phi) is 8.96. The van der Waals surface area contributed by atoms with Crippen molar-refractivity contribution in [2.75, 3.05) is 18.5 Å². The van der Waals surface area contributed by atoms with E-state index < -0.39 is 11.8 Å². The summed E-state index contributed by atoms with van der Waals surface area (Å²) in [4.78, 5) is 36.4. The number of carbonyl (C=O) groups excluding carboxylic acids is 3. The molecular formula is C25H23BrN4O5. The van der Waals surface area contributed by atoms with E-state index in [1.807, 2.05) is 6.92 Å². The van der Waals surface area contributed by atoms with Gasteiger partial charge in [0.25, 0.3) is 17.7 Å². The second-order valence-corrected chi connectivity index (χ2v) is 7.93. The summed E-state index contributed by atoms with van der Waals surface area (Å²) in [5.41, 5.74) is 9.22. The molecule has 0 aliphatic rings. The molecule has 3 amide bonds. The quantitative estimate of drug-likeness (QED) is 0.267. The van der Waals surface area contributed by atoms with Gasteiger partial charge in [-0.3, -0.25) is 14.4 Å². The lowest BCUT2D eigenvalue weighted by atomic mass is 10.1. The van der Waals surface area contributed by atoms with Crippen molar-refractivity contribution in [3.8, 4) is 11.5 Å². The minimum Gasteiger partial charge on any atom is -0.490 e. The number of hydrogen-bond acceptors (Lipinski definition) is 6. The van der Waals surface area contributed by atoms with Crippen molar-refractivity contribution in [3.05, 3.63) is 87.9 Å². The average Bonchev–Trinajstić information content (AvgIpc) is 2.84. The first-order valence-electron chi connectivity index (χ1n) is 10.5. The fourth-order valence-corrected chi connectivity index (χ4v) is 3.46. The van der Waals surface area contributed by atoms with Crippen LogP contribution in [0.5, 0.6) is 11.5 Å². The first-order valence-corrected chi connectivity index (χ1v) is 11.3. The summed E-state index contributed by atoms with van der Waals surface area (Å²) in [6.07, 6.45) is 1.43. The molecular weight excluding hydrogens is 516 g/mol. The normalized spacial score (nSPS) is 10.6. The molecule has 0 heterocycles. The minimum atomic E-state index is -0.603. The predicted molar refractivity (Wildman–Crippen MR) is 136 cm³/mol. The fourth-order valence-electron chi connectivity index (χ4n) is 2.99. The van der Waals surface area contributed by atoms with Crippen LogP contribution in [-0.2, 0) is 4.79 Å². The van der Waals surface area contributed by atoms with E-state index in [0.717, 1.165) is 0 Å². The summed E-state index contributed by atoms with van der Waals surface area (Å²) < 4.78 is 11.5. The molecule has 0 aliphatic carbocycles. The Morgan fingerprint density at radius 1 is 0.943 bits per heavy atom. The zero-order chi connectivity index (χ0) is 25.2. The number of amides is 3. The highest BCUT2D eigenvalue weighted by Gasteiger charge is 2.15. The van der Waals surface area contributed by atoms with Crippen molar-refractivity contribution in [2.45, 2.75) is 6.92 Å². The van der Waals surface area contributed by atoms with Gasteiger partial charge in [-0.25, -0.2) is 5.43 Å². The van der Waals surface area contributed by atoms with Crippen molar-refractivity contribution in [1.29, 1.82) is 0 Å². The predicted octanol–water partition coefficient (Wildman–Crippen LogP) is 3.73. The maximum Gasteiger partial charge on any atom is 0.273 e.